The Morgan fingerprint density at radius 2 is 1.77 bits per heavy atom. The number of carbonyl (C=O) groups excluding carboxylic acids is 3. The Bertz CT molecular complexity index is 1450. The van der Waals surface area contributed by atoms with Gasteiger partial charge in [0.25, 0.3) is 5.78 Å². The average Bonchev–Trinajstić information content (AvgIpc) is 3.41. The molecule has 3 aromatic rings. The van der Waals surface area contributed by atoms with Crippen LogP contribution in [0.1, 0.15) is 77.3 Å². The maximum absolute atomic E-state index is 13.5. The van der Waals surface area contributed by atoms with Gasteiger partial charge < -0.3 is 14.6 Å². The van der Waals surface area contributed by atoms with E-state index in [1.54, 1.807) is 39.0 Å². The molecule has 2 aromatic carbocycles. The predicted molar refractivity (Wildman–Crippen MR) is 150 cm³/mol. The van der Waals surface area contributed by atoms with Crippen LogP contribution >= 0.6 is 11.3 Å². The van der Waals surface area contributed by atoms with Crippen molar-refractivity contribution in [2.75, 3.05) is 18.1 Å². The summed E-state index contributed by atoms with van der Waals surface area (Å²) < 4.78 is 10.7. The number of hydrogen-bond acceptors (Lipinski definition) is 8. The average molecular weight is 549 g/mol. The van der Waals surface area contributed by atoms with E-state index in [0.717, 1.165) is 16.9 Å². The largest absolute Gasteiger partial charge is 0.507 e. The number of thiazole rings is 1. The normalized spacial score (nSPS) is 16.7. The van der Waals surface area contributed by atoms with Crippen molar-refractivity contribution in [2.24, 2.45) is 0 Å². The van der Waals surface area contributed by atoms with Crippen LogP contribution in [0.3, 0.4) is 0 Å². The van der Waals surface area contributed by atoms with Crippen molar-refractivity contribution in [3.63, 3.8) is 0 Å². The second kappa shape index (κ2) is 11.4. The summed E-state index contributed by atoms with van der Waals surface area (Å²) in [7, 11) is 0. The van der Waals surface area contributed by atoms with Crippen LogP contribution in [0, 0.1) is 13.8 Å². The molecule has 1 aliphatic rings. The Hall–Kier alpha value is -3.98. The lowest BCUT2D eigenvalue weighted by atomic mass is 9.92. The van der Waals surface area contributed by atoms with E-state index in [4.69, 9.17) is 9.47 Å². The Morgan fingerprint density at radius 3 is 2.36 bits per heavy atom. The number of esters is 1. The summed E-state index contributed by atoms with van der Waals surface area (Å²) in [6.45, 7) is 11.9. The number of hydrogen-bond donors (Lipinski definition) is 1. The third-order valence-corrected chi connectivity index (χ3v) is 7.72. The minimum absolute atomic E-state index is 0.0462. The zero-order valence-corrected chi connectivity index (χ0v) is 23.7. The third kappa shape index (κ3) is 5.31. The Morgan fingerprint density at radius 1 is 1.08 bits per heavy atom. The first-order chi connectivity index (χ1) is 18.6. The van der Waals surface area contributed by atoms with Gasteiger partial charge in [0.15, 0.2) is 5.13 Å². The van der Waals surface area contributed by atoms with Crippen molar-refractivity contribution in [1.29, 1.82) is 0 Å². The van der Waals surface area contributed by atoms with Crippen molar-refractivity contribution in [3.05, 3.63) is 80.9 Å². The molecule has 1 fully saturated rings. The van der Waals surface area contributed by atoms with Gasteiger partial charge in [-0.15, -0.1) is 0 Å². The van der Waals surface area contributed by atoms with Gasteiger partial charge in [0, 0.05) is 5.56 Å². The molecule has 1 unspecified atom stereocenters. The van der Waals surface area contributed by atoms with E-state index < -0.39 is 23.7 Å². The monoisotopic (exact) mass is 548 g/mol. The summed E-state index contributed by atoms with van der Waals surface area (Å²) in [5.74, 6) is -1.57. The molecule has 2 heterocycles. The van der Waals surface area contributed by atoms with Gasteiger partial charge in [0.05, 0.1) is 30.5 Å². The third-order valence-electron chi connectivity index (χ3n) is 6.58. The van der Waals surface area contributed by atoms with E-state index in [1.165, 1.54) is 4.90 Å². The van der Waals surface area contributed by atoms with Gasteiger partial charge in [0.1, 0.15) is 16.4 Å². The van der Waals surface area contributed by atoms with Crippen molar-refractivity contribution in [3.8, 4) is 5.75 Å². The molecule has 0 spiro atoms. The lowest BCUT2D eigenvalue weighted by molar-refractivity contribution is -0.132. The molecule has 0 bridgehead atoms. The second-order valence-corrected chi connectivity index (χ2v) is 10.5. The van der Waals surface area contributed by atoms with Crippen LogP contribution in [0.4, 0.5) is 5.13 Å². The summed E-state index contributed by atoms with van der Waals surface area (Å²) in [5.41, 5.74) is 3.18. The van der Waals surface area contributed by atoms with Gasteiger partial charge in [-0.25, -0.2) is 9.78 Å². The van der Waals surface area contributed by atoms with Gasteiger partial charge in [-0.1, -0.05) is 49.4 Å². The molecule has 1 amide bonds. The van der Waals surface area contributed by atoms with E-state index in [9.17, 15) is 19.5 Å². The van der Waals surface area contributed by atoms with Gasteiger partial charge in [-0.3, -0.25) is 14.5 Å². The van der Waals surface area contributed by atoms with Crippen LogP contribution in [0.5, 0.6) is 5.75 Å². The number of ether oxygens (including phenoxy) is 2. The van der Waals surface area contributed by atoms with Crippen LogP contribution in [-0.2, 0) is 14.3 Å². The number of aryl methyl sites for hydroxylation is 2. The number of aliphatic hydroxyl groups excluding tert-OH is 1. The molecule has 8 nitrogen and oxygen atoms in total. The van der Waals surface area contributed by atoms with Crippen molar-refractivity contribution < 1.29 is 29.0 Å². The number of aliphatic hydroxyl groups is 1. The lowest BCUT2D eigenvalue weighted by Gasteiger charge is -2.23. The van der Waals surface area contributed by atoms with E-state index in [1.807, 2.05) is 31.2 Å². The Labute approximate surface area is 231 Å². The van der Waals surface area contributed by atoms with E-state index in [0.29, 0.717) is 34.7 Å². The first kappa shape index (κ1) is 28.0. The smallest absolute Gasteiger partial charge is 0.350 e. The minimum atomic E-state index is -0.947. The molecule has 1 aliphatic heterocycles. The zero-order valence-electron chi connectivity index (χ0n) is 22.9. The molecule has 9 heteroatoms. The molecule has 1 aromatic heterocycles. The number of benzene rings is 2. The summed E-state index contributed by atoms with van der Waals surface area (Å²) in [5, 5.41) is 11.7. The number of aromatic nitrogens is 1. The quantitative estimate of drug-likeness (QED) is 0.157. The zero-order chi connectivity index (χ0) is 28.4. The highest BCUT2D eigenvalue weighted by molar-refractivity contribution is 7.17. The number of rotatable bonds is 8. The summed E-state index contributed by atoms with van der Waals surface area (Å²) in [6.07, 6.45) is 0. The number of nitrogens with zero attached hydrogens (tertiary/aromatic N) is 2. The Balaban J connectivity index is 1.91. The van der Waals surface area contributed by atoms with E-state index in [-0.39, 0.29) is 33.9 Å². The molecule has 0 radical (unpaired) electrons. The number of carbonyl (C=O) groups is 3. The van der Waals surface area contributed by atoms with E-state index in [2.05, 4.69) is 18.8 Å². The fraction of sp³-hybridized carbons (Fsp3) is 0.333. The Kier molecular flexibility index (Phi) is 8.20. The van der Waals surface area contributed by atoms with Crippen LogP contribution in [0.25, 0.3) is 5.76 Å². The molecule has 4 rings (SSSR count). The van der Waals surface area contributed by atoms with Gasteiger partial charge in [-0.05, 0) is 68.5 Å². The van der Waals surface area contributed by atoms with Crippen LogP contribution in [-0.4, -0.2) is 41.0 Å². The molecule has 0 saturated carbocycles. The fourth-order valence-electron chi connectivity index (χ4n) is 4.58. The van der Waals surface area contributed by atoms with Crippen LogP contribution in [0.15, 0.2) is 48.0 Å². The molecule has 1 saturated heterocycles. The summed E-state index contributed by atoms with van der Waals surface area (Å²) >= 11 is 0.984. The maximum atomic E-state index is 13.5. The predicted octanol–water partition coefficient (Wildman–Crippen LogP) is 6.09. The topological polar surface area (TPSA) is 106 Å². The molecule has 39 heavy (non-hydrogen) atoms. The van der Waals surface area contributed by atoms with Gasteiger partial charge in [-0.2, -0.15) is 0 Å². The molecule has 1 atom stereocenters. The van der Waals surface area contributed by atoms with E-state index >= 15 is 0 Å². The van der Waals surface area contributed by atoms with Gasteiger partial charge in [0.2, 0.25) is 0 Å². The minimum Gasteiger partial charge on any atom is -0.507 e. The fourth-order valence-corrected chi connectivity index (χ4v) is 5.57. The lowest BCUT2D eigenvalue weighted by Crippen LogP contribution is -2.29. The van der Waals surface area contributed by atoms with Crippen molar-refractivity contribution in [2.45, 2.75) is 53.5 Å². The van der Waals surface area contributed by atoms with Gasteiger partial charge >= 0.3 is 11.9 Å². The molecule has 0 aliphatic carbocycles. The first-order valence-electron chi connectivity index (χ1n) is 12.9. The first-order valence-corrected chi connectivity index (χ1v) is 13.7. The van der Waals surface area contributed by atoms with Crippen molar-refractivity contribution in [1.82, 2.24) is 4.98 Å². The molecule has 1 N–H and O–H groups in total. The second-order valence-electron chi connectivity index (χ2n) is 9.53. The van der Waals surface area contributed by atoms with Crippen LogP contribution < -0.4 is 9.64 Å². The SMILES string of the molecule is CCOC(=O)c1sc(N2C(=O)C(=O)C(=C(O)c3ccc(OCC)cc3C)C2c2ccc(C(C)C)cc2)nc1C. The van der Waals surface area contributed by atoms with Crippen LogP contribution in [0.2, 0.25) is 0 Å². The highest BCUT2D eigenvalue weighted by Gasteiger charge is 2.48. The molecular weight excluding hydrogens is 516 g/mol. The standard InChI is InChI=1S/C30H32N2O6S/c1-7-37-21-13-14-22(17(5)15-21)25(33)23-24(20-11-9-19(10-12-20)16(3)4)32(28(35)26(23)34)30-31-18(6)27(39-30)29(36)38-8-2/h9-16,24,33H,7-8H2,1-6H3. The number of anilines is 1. The highest BCUT2D eigenvalue weighted by atomic mass is 32.1. The molecule has 204 valence electrons. The summed E-state index contributed by atoms with van der Waals surface area (Å²) in [6, 6.07) is 11.8. The van der Waals surface area contributed by atoms with Crippen molar-refractivity contribution >= 4 is 39.9 Å². The molecular formula is C30H32N2O6S. The summed E-state index contributed by atoms with van der Waals surface area (Å²) in [4.78, 5) is 45.5. The number of ketones is 1. The number of Topliss-reactive ketones (excluding diaryl/α,β-unsaturated/α-hetero) is 1. The highest BCUT2D eigenvalue weighted by Crippen LogP contribution is 2.44. The number of amides is 1. The maximum Gasteiger partial charge on any atom is 0.350 e.